The number of ether oxygens (including phenoxy) is 1. The SMILES string of the molecule is CC(C)(O)C(C)(C)NCc1cc(Br)ccc1OC(F)F. The molecule has 0 aromatic heterocycles. The average Bonchev–Trinajstić information content (AvgIpc) is 2.27. The molecule has 114 valence electrons. The van der Waals surface area contributed by atoms with Gasteiger partial charge in [0.15, 0.2) is 0 Å². The Morgan fingerprint density at radius 3 is 2.40 bits per heavy atom. The van der Waals surface area contributed by atoms with Crippen molar-refractivity contribution in [3.63, 3.8) is 0 Å². The molecule has 0 saturated heterocycles. The molecule has 2 N–H and O–H groups in total. The van der Waals surface area contributed by atoms with Gasteiger partial charge < -0.3 is 15.2 Å². The zero-order valence-corrected chi connectivity index (χ0v) is 13.6. The van der Waals surface area contributed by atoms with Gasteiger partial charge in [-0.1, -0.05) is 15.9 Å². The van der Waals surface area contributed by atoms with E-state index in [0.29, 0.717) is 12.1 Å². The van der Waals surface area contributed by atoms with Gasteiger partial charge in [0, 0.05) is 22.1 Å². The van der Waals surface area contributed by atoms with Crippen LogP contribution >= 0.6 is 15.9 Å². The maximum atomic E-state index is 12.4. The van der Waals surface area contributed by atoms with Crippen molar-refractivity contribution in [1.82, 2.24) is 5.32 Å². The van der Waals surface area contributed by atoms with Crippen LogP contribution < -0.4 is 10.1 Å². The molecule has 6 heteroatoms. The topological polar surface area (TPSA) is 41.5 Å². The molecule has 0 spiro atoms. The third kappa shape index (κ3) is 4.68. The summed E-state index contributed by atoms with van der Waals surface area (Å²) in [6.45, 7) is 4.52. The highest BCUT2D eigenvalue weighted by Gasteiger charge is 2.34. The van der Waals surface area contributed by atoms with Crippen molar-refractivity contribution in [1.29, 1.82) is 0 Å². The van der Waals surface area contributed by atoms with Gasteiger partial charge in [-0.05, 0) is 45.9 Å². The fourth-order valence-electron chi connectivity index (χ4n) is 1.43. The fourth-order valence-corrected chi connectivity index (χ4v) is 1.84. The lowest BCUT2D eigenvalue weighted by Gasteiger charge is -2.38. The predicted octanol–water partition coefficient (Wildman–Crippen LogP) is 3.69. The minimum atomic E-state index is -2.86. The first-order valence-electron chi connectivity index (χ1n) is 6.23. The van der Waals surface area contributed by atoms with Gasteiger partial charge in [-0.15, -0.1) is 0 Å². The molecule has 20 heavy (non-hydrogen) atoms. The van der Waals surface area contributed by atoms with Crippen molar-refractivity contribution in [2.24, 2.45) is 0 Å². The highest BCUT2D eigenvalue weighted by atomic mass is 79.9. The number of hydrogen-bond donors (Lipinski definition) is 2. The molecule has 0 bridgehead atoms. The first-order chi connectivity index (χ1) is 9.03. The summed E-state index contributed by atoms with van der Waals surface area (Å²) in [6, 6.07) is 4.85. The number of benzene rings is 1. The van der Waals surface area contributed by atoms with Crippen LogP contribution in [-0.2, 0) is 6.54 Å². The summed E-state index contributed by atoms with van der Waals surface area (Å²) in [5, 5.41) is 13.2. The van der Waals surface area contributed by atoms with Crippen LogP contribution in [0.4, 0.5) is 8.78 Å². The number of alkyl halides is 2. The van der Waals surface area contributed by atoms with Gasteiger partial charge in [0.05, 0.1) is 5.60 Å². The first kappa shape index (κ1) is 17.3. The molecular formula is C14H20BrF2NO2. The lowest BCUT2D eigenvalue weighted by Crippen LogP contribution is -2.55. The molecule has 1 aromatic rings. The summed E-state index contributed by atoms with van der Waals surface area (Å²) < 4.78 is 30.0. The molecule has 0 saturated carbocycles. The molecule has 0 aliphatic carbocycles. The van der Waals surface area contributed by atoms with E-state index in [4.69, 9.17) is 0 Å². The fraction of sp³-hybridized carbons (Fsp3) is 0.571. The van der Waals surface area contributed by atoms with Gasteiger partial charge in [-0.3, -0.25) is 0 Å². The van der Waals surface area contributed by atoms with Crippen molar-refractivity contribution >= 4 is 15.9 Å². The standard InChI is InChI=1S/C14H20BrF2NO2/c1-13(2,14(3,4)19)18-8-9-7-10(15)5-6-11(9)20-12(16)17/h5-7,12,18-19H,8H2,1-4H3. The van der Waals surface area contributed by atoms with E-state index in [-0.39, 0.29) is 5.75 Å². The Labute approximate surface area is 126 Å². The quantitative estimate of drug-likeness (QED) is 0.821. The van der Waals surface area contributed by atoms with E-state index in [9.17, 15) is 13.9 Å². The Kier molecular flexibility index (Phi) is 5.52. The van der Waals surface area contributed by atoms with Crippen molar-refractivity contribution in [2.75, 3.05) is 0 Å². The third-order valence-electron chi connectivity index (χ3n) is 3.49. The Hall–Kier alpha value is -0.720. The lowest BCUT2D eigenvalue weighted by atomic mass is 9.86. The Morgan fingerprint density at radius 2 is 1.90 bits per heavy atom. The molecule has 1 rings (SSSR count). The summed E-state index contributed by atoms with van der Waals surface area (Å²) >= 11 is 3.30. The van der Waals surface area contributed by atoms with Gasteiger partial charge in [0.1, 0.15) is 5.75 Å². The maximum absolute atomic E-state index is 12.4. The number of nitrogens with one attached hydrogen (secondary N) is 1. The van der Waals surface area contributed by atoms with Gasteiger partial charge in [-0.2, -0.15) is 8.78 Å². The molecule has 0 atom stereocenters. The smallest absolute Gasteiger partial charge is 0.387 e. The van der Waals surface area contributed by atoms with Crippen molar-refractivity contribution in [2.45, 2.75) is 52.0 Å². The van der Waals surface area contributed by atoms with Crippen LogP contribution in [-0.4, -0.2) is 22.9 Å². The molecule has 0 radical (unpaired) electrons. The van der Waals surface area contributed by atoms with E-state index < -0.39 is 17.8 Å². The summed E-state index contributed by atoms with van der Waals surface area (Å²) in [4.78, 5) is 0. The zero-order chi connectivity index (χ0) is 15.6. The normalized spacial score (nSPS) is 12.8. The monoisotopic (exact) mass is 351 g/mol. The predicted molar refractivity (Wildman–Crippen MR) is 78.0 cm³/mol. The number of aliphatic hydroxyl groups is 1. The van der Waals surface area contributed by atoms with Crippen LogP contribution in [0, 0.1) is 0 Å². The largest absolute Gasteiger partial charge is 0.434 e. The van der Waals surface area contributed by atoms with E-state index in [1.807, 2.05) is 13.8 Å². The molecule has 1 aromatic carbocycles. The molecule has 3 nitrogen and oxygen atoms in total. The summed E-state index contributed by atoms with van der Waals surface area (Å²) in [5.74, 6) is 0.127. The zero-order valence-electron chi connectivity index (χ0n) is 12.0. The molecule has 0 unspecified atom stereocenters. The van der Waals surface area contributed by atoms with Gasteiger partial charge in [0.2, 0.25) is 0 Å². The lowest BCUT2D eigenvalue weighted by molar-refractivity contribution is -0.0508. The van der Waals surface area contributed by atoms with Crippen LogP contribution in [0.3, 0.4) is 0 Å². The van der Waals surface area contributed by atoms with Gasteiger partial charge >= 0.3 is 6.61 Å². The highest BCUT2D eigenvalue weighted by molar-refractivity contribution is 9.10. The number of halogens is 3. The van der Waals surface area contributed by atoms with Crippen molar-refractivity contribution < 1.29 is 18.6 Å². The molecule has 0 fully saturated rings. The second kappa shape index (κ2) is 6.37. The average molecular weight is 352 g/mol. The van der Waals surface area contributed by atoms with Gasteiger partial charge in [-0.25, -0.2) is 0 Å². The second-order valence-electron chi connectivity index (χ2n) is 5.67. The first-order valence-corrected chi connectivity index (χ1v) is 7.03. The van der Waals surface area contributed by atoms with Gasteiger partial charge in [0.25, 0.3) is 0 Å². The molecule has 0 amide bonds. The van der Waals surface area contributed by atoms with E-state index in [1.165, 1.54) is 6.07 Å². The minimum Gasteiger partial charge on any atom is -0.434 e. The number of hydrogen-bond acceptors (Lipinski definition) is 3. The van der Waals surface area contributed by atoms with E-state index in [1.54, 1.807) is 26.0 Å². The highest BCUT2D eigenvalue weighted by Crippen LogP contribution is 2.27. The van der Waals surface area contributed by atoms with E-state index in [2.05, 4.69) is 26.0 Å². The van der Waals surface area contributed by atoms with E-state index >= 15 is 0 Å². The van der Waals surface area contributed by atoms with Crippen LogP contribution in [0.15, 0.2) is 22.7 Å². The maximum Gasteiger partial charge on any atom is 0.387 e. The Morgan fingerprint density at radius 1 is 1.30 bits per heavy atom. The molecular weight excluding hydrogens is 332 g/mol. The summed E-state index contributed by atoms with van der Waals surface area (Å²) in [6.07, 6.45) is 0. The Balaban J connectivity index is 2.89. The Bertz CT molecular complexity index is 459. The van der Waals surface area contributed by atoms with Crippen molar-refractivity contribution in [3.8, 4) is 5.75 Å². The van der Waals surface area contributed by atoms with Crippen LogP contribution in [0.25, 0.3) is 0 Å². The summed E-state index contributed by atoms with van der Waals surface area (Å²) in [7, 11) is 0. The third-order valence-corrected chi connectivity index (χ3v) is 3.98. The molecule has 0 aliphatic rings. The van der Waals surface area contributed by atoms with Crippen LogP contribution in [0.5, 0.6) is 5.75 Å². The van der Waals surface area contributed by atoms with Crippen LogP contribution in [0.1, 0.15) is 33.3 Å². The molecule has 0 heterocycles. The number of rotatable bonds is 6. The second-order valence-corrected chi connectivity index (χ2v) is 6.58. The van der Waals surface area contributed by atoms with Crippen molar-refractivity contribution in [3.05, 3.63) is 28.2 Å². The molecule has 0 aliphatic heterocycles. The van der Waals surface area contributed by atoms with E-state index in [0.717, 1.165) is 4.47 Å². The minimum absolute atomic E-state index is 0.127. The summed E-state index contributed by atoms with van der Waals surface area (Å²) in [5.41, 5.74) is -0.947. The van der Waals surface area contributed by atoms with Crippen LogP contribution in [0.2, 0.25) is 0 Å².